The van der Waals surface area contributed by atoms with Gasteiger partial charge in [-0.2, -0.15) is 4.31 Å². The first-order valence-corrected chi connectivity index (χ1v) is 11.5. The number of hydrogen-bond donors (Lipinski definition) is 1. The SMILES string of the molecule is COc1cc(C(=O)Nc2cc(S(=O)(=O)N3CCOCC3)ccc2OC(C)C)ccc1C. The highest BCUT2D eigenvalue weighted by Crippen LogP contribution is 2.31. The Morgan fingerprint density at radius 3 is 2.45 bits per heavy atom. The minimum atomic E-state index is -3.72. The fraction of sp³-hybridized carbons (Fsp3) is 0.409. The molecule has 1 aliphatic heterocycles. The molecule has 31 heavy (non-hydrogen) atoms. The normalized spacial score (nSPS) is 15.0. The van der Waals surface area contributed by atoms with Gasteiger partial charge in [0, 0.05) is 18.7 Å². The van der Waals surface area contributed by atoms with Crippen LogP contribution in [0.5, 0.6) is 11.5 Å². The second-order valence-corrected chi connectivity index (χ2v) is 9.42. The van der Waals surface area contributed by atoms with Crippen LogP contribution in [0.4, 0.5) is 5.69 Å². The number of anilines is 1. The molecule has 1 amide bonds. The maximum atomic E-state index is 13.1. The maximum Gasteiger partial charge on any atom is 0.255 e. The van der Waals surface area contributed by atoms with Gasteiger partial charge in [0.25, 0.3) is 5.91 Å². The second-order valence-electron chi connectivity index (χ2n) is 7.48. The lowest BCUT2D eigenvalue weighted by Gasteiger charge is -2.26. The van der Waals surface area contributed by atoms with Gasteiger partial charge in [-0.25, -0.2) is 8.42 Å². The van der Waals surface area contributed by atoms with Crippen molar-refractivity contribution >= 4 is 21.6 Å². The molecule has 168 valence electrons. The molecule has 8 nitrogen and oxygen atoms in total. The average Bonchev–Trinajstić information content (AvgIpc) is 2.75. The first kappa shape index (κ1) is 23.1. The second kappa shape index (κ2) is 9.67. The number of morpholine rings is 1. The van der Waals surface area contributed by atoms with Crippen molar-refractivity contribution in [3.05, 3.63) is 47.5 Å². The van der Waals surface area contributed by atoms with Crippen LogP contribution in [0.15, 0.2) is 41.3 Å². The third kappa shape index (κ3) is 5.36. The monoisotopic (exact) mass is 448 g/mol. The van der Waals surface area contributed by atoms with Gasteiger partial charge in [-0.3, -0.25) is 4.79 Å². The molecule has 1 fully saturated rings. The number of nitrogens with zero attached hydrogens (tertiary/aromatic N) is 1. The molecular formula is C22H28N2O6S. The third-order valence-electron chi connectivity index (χ3n) is 4.84. The van der Waals surface area contributed by atoms with Crippen LogP contribution in [-0.4, -0.2) is 58.1 Å². The van der Waals surface area contributed by atoms with Gasteiger partial charge < -0.3 is 19.5 Å². The van der Waals surface area contributed by atoms with E-state index in [1.165, 1.54) is 16.4 Å². The lowest BCUT2D eigenvalue weighted by molar-refractivity contribution is 0.0730. The van der Waals surface area contributed by atoms with Crippen molar-refractivity contribution in [2.24, 2.45) is 0 Å². The van der Waals surface area contributed by atoms with Crippen LogP contribution in [0.2, 0.25) is 0 Å². The predicted octanol–water partition coefficient (Wildman–Crippen LogP) is 3.06. The summed E-state index contributed by atoms with van der Waals surface area (Å²) in [5.41, 5.74) is 1.58. The van der Waals surface area contributed by atoms with Crippen molar-refractivity contribution in [3.63, 3.8) is 0 Å². The zero-order chi connectivity index (χ0) is 22.6. The van der Waals surface area contributed by atoms with E-state index in [2.05, 4.69) is 5.32 Å². The minimum Gasteiger partial charge on any atom is -0.496 e. The van der Waals surface area contributed by atoms with E-state index < -0.39 is 15.9 Å². The van der Waals surface area contributed by atoms with Crippen molar-refractivity contribution in [3.8, 4) is 11.5 Å². The predicted molar refractivity (Wildman–Crippen MR) is 117 cm³/mol. The van der Waals surface area contributed by atoms with E-state index in [0.717, 1.165) is 5.56 Å². The van der Waals surface area contributed by atoms with E-state index in [0.29, 0.717) is 30.3 Å². The number of ether oxygens (including phenoxy) is 3. The van der Waals surface area contributed by atoms with Crippen molar-refractivity contribution < 1.29 is 27.4 Å². The molecule has 0 aromatic heterocycles. The Morgan fingerprint density at radius 2 is 1.81 bits per heavy atom. The molecule has 0 aliphatic carbocycles. The van der Waals surface area contributed by atoms with E-state index in [9.17, 15) is 13.2 Å². The average molecular weight is 449 g/mol. The zero-order valence-electron chi connectivity index (χ0n) is 18.2. The van der Waals surface area contributed by atoms with E-state index in [-0.39, 0.29) is 29.8 Å². The number of carbonyl (C=O) groups excluding carboxylic acids is 1. The smallest absolute Gasteiger partial charge is 0.255 e. The summed E-state index contributed by atoms with van der Waals surface area (Å²) in [5.74, 6) is 0.589. The van der Waals surface area contributed by atoms with Crippen LogP contribution in [-0.2, 0) is 14.8 Å². The number of carbonyl (C=O) groups is 1. The highest BCUT2D eigenvalue weighted by molar-refractivity contribution is 7.89. The molecule has 1 aliphatic rings. The number of hydrogen-bond acceptors (Lipinski definition) is 6. The molecule has 0 unspecified atom stereocenters. The Balaban J connectivity index is 1.94. The minimum absolute atomic E-state index is 0.0855. The summed E-state index contributed by atoms with van der Waals surface area (Å²) >= 11 is 0. The molecular weight excluding hydrogens is 420 g/mol. The molecule has 2 aromatic carbocycles. The quantitative estimate of drug-likeness (QED) is 0.700. The number of rotatable bonds is 7. The summed E-state index contributed by atoms with van der Waals surface area (Å²) < 4.78 is 43.8. The van der Waals surface area contributed by atoms with Crippen molar-refractivity contribution in [2.45, 2.75) is 31.8 Å². The summed E-state index contributed by atoms with van der Waals surface area (Å²) in [6, 6.07) is 9.61. The van der Waals surface area contributed by atoms with Gasteiger partial charge >= 0.3 is 0 Å². The topological polar surface area (TPSA) is 94.2 Å². The number of nitrogens with one attached hydrogen (secondary N) is 1. The van der Waals surface area contributed by atoms with Crippen LogP contribution in [0.25, 0.3) is 0 Å². The fourth-order valence-corrected chi connectivity index (χ4v) is 4.65. The lowest BCUT2D eigenvalue weighted by Crippen LogP contribution is -2.40. The molecule has 0 radical (unpaired) electrons. The first-order chi connectivity index (χ1) is 14.7. The Hall–Kier alpha value is -2.62. The van der Waals surface area contributed by atoms with Crippen LogP contribution in [0.1, 0.15) is 29.8 Å². The molecule has 9 heteroatoms. The number of amides is 1. The Bertz CT molecular complexity index is 1050. The van der Waals surface area contributed by atoms with E-state index >= 15 is 0 Å². The van der Waals surface area contributed by atoms with Gasteiger partial charge in [-0.15, -0.1) is 0 Å². The molecule has 0 atom stereocenters. The van der Waals surface area contributed by atoms with Gasteiger partial charge in [-0.05, 0) is 56.7 Å². The van der Waals surface area contributed by atoms with Gasteiger partial charge in [0.1, 0.15) is 11.5 Å². The van der Waals surface area contributed by atoms with E-state index in [4.69, 9.17) is 14.2 Å². The Morgan fingerprint density at radius 1 is 1.10 bits per heavy atom. The van der Waals surface area contributed by atoms with Crippen molar-refractivity contribution in [2.75, 3.05) is 38.7 Å². The molecule has 1 N–H and O–H groups in total. The molecule has 2 aromatic rings. The number of aryl methyl sites for hydroxylation is 1. The molecule has 0 bridgehead atoms. The Labute approximate surface area is 183 Å². The third-order valence-corrected chi connectivity index (χ3v) is 6.73. The van der Waals surface area contributed by atoms with Crippen LogP contribution < -0.4 is 14.8 Å². The van der Waals surface area contributed by atoms with E-state index in [1.54, 1.807) is 31.4 Å². The Kier molecular flexibility index (Phi) is 7.19. The molecule has 0 saturated carbocycles. The molecule has 1 saturated heterocycles. The summed E-state index contributed by atoms with van der Waals surface area (Å²) in [6.07, 6.45) is -0.156. The number of benzene rings is 2. The summed E-state index contributed by atoms with van der Waals surface area (Å²) in [7, 11) is -2.18. The summed E-state index contributed by atoms with van der Waals surface area (Å²) in [6.45, 7) is 6.88. The van der Waals surface area contributed by atoms with Crippen molar-refractivity contribution in [1.82, 2.24) is 4.31 Å². The zero-order valence-corrected chi connectivity index (χ0v) is 19.0. The van der Waals surface area contributed by atoms with Gasteiger partial charge in [0.15, 0.2) is 0 Å². The van der Waals surface area contributed by atoms with Gasteiger partial charge in [0.2, 0.25) is 10.0 Å². The van der Waals surface area contributed by atoms with Crippen LogP contribution in [0, 0.1) is 6.92 Å². The first-order valence-electron chi connectivity index (χ1n) is 10.1. The highest BCUT2D eigenvalue weighted by Gasteiger charge is 2.27. The summed E-state index contributed by atoms with van der Waals surface area (Å²) in [4.78, 5) is 13.0. The number of sulfonamides is 1. The van der Waals surface area contributed by atoms with Gasteiger partial charge in [-0.1, -0.05) is 6.07 Å². The summed E-state index contributed by atoms with van der Waals surface area (Å²) in [5, 5.41) is 2.79. The lowest BCUT2D eigenvalue weighted by atomic mass is 10.1. The highest BCUT2D eigenvalue weighted by atomic mass is 32.2. The van der Waals surface area contributed by atoms with Crippen molar-refractivity contribution in [1.29, 1.82) is 0 Å². The van der Waals surface area contributed by atoms with E-state index in [1.807, 2.05) is 20.8 Å². The van der Waals surface area contributed by atoms with Crippen LogP contribution in [0.3, 0.4) is 0 Å². The number of methoxy groups -OCH3 is 1. The molecule has 3 rings (SSSR count). The van der Waals surface area contributed by atoms with Crippen LogP contribution >= 0.6 is 0 Å². The standard InChI is InChI=1S/C22H28N2O6S/c1-15(2)30-20-8-7-18(31(26,27)24-9-11-29-12-10-24)14-19(20)23-22(25)17-6-5-16(3)21(13-17)28-4/h5-8,13-15H,9-12H2,1-4H3,(H,23,25). The molecule has 0 spiro atoms. The fourth-order valence-electron chi connectivity index (χ4n) is 3.22. The largest absolute Gasteiger partial charge is 0.496 e. The molecule has 1 heterocycles. The van der Waals surface area contributed by atoms with Gasteiger partial charge in [0.05, 0.1) is 37.0 Å². The maximum absolute atomic E-state index is 13.1.